The van der Waals surface area contributed by atoms with Crippen LogP contribution in [0.3, 0.4) is 0 Å². The molecule has 0 amide bonds. The molecular formula is C28H23F2N5O4S. The van der Waals surface area contributed by atoms with Gasteiger partial charge in [-0.25, -0.2) is 27.2 Å². The molecule has 40 heavy (non-hydrogen) atoms. The van der Waals surface area contributed by atoms with Crippen molar-refractivity contribution in [3.8, 4) is 17.0 Å². The zero-order chi connectivity index (χ0) is 28.6. The van der Waals surface area contributed by atoms with Crippen molar-refractivity contribution in [2.24, 2.45) is 0 Å². The Morgan fingerprint density at radius 2 is 1.75 bits per heavy atom. The number of hydrogen-bond acceptors (Lipinski definition) is 7. The lowest BCUT2D eigenvalue weighted by Crippen LogP contribution is -2.27. The van der Waals surface area contributed by atoms with Crippen LogP contribution in [-0.2, 0) is 10.0 Å². The van der Waals surface area contributed by atoms with E-state index in [4.69, 9.17) is 10.5 Å². The average molecular weight is 564 g/mol. The van der Waals surface area contributed by atoms with E-state index < -0.39 is 33.4 Å². The summed E-state index contributed by atoms with van der Waals surface area (Å²) in [7, 11) is -3.18. The van der Waals surface area contributed by atoms with E-state index in [-0.39, 0.29) is 27.7 Å². The minimum atomic E-state index is -4.42. The van der Waals surface area contributed by atoms with E-state index in [0.717, 1.165) is 17.7 Å². The van der Waals surface area contributed by atoms with Gasteiger partial charge >= 0.3 is 0 Å². The minimum absolute atomic E-state index is 0.0557. The van der Waals surface area contributed by atoms with Crippen molar-refractivity contribution < 1.29 is 21.9 Å². The van der Waals surface area contributed by atoms with Crippen LogP contribution in [0.15, 0.2) is 88.7 Å². The van der Waals surface area contributed by atoms with Crippen LogP contribution < -0.4 is 20.8 Å². The van der Waals surface area contributed by atoms with Gasteiger partial charge in [-0.2, -0.15) is 0 Å². The van der Waals surface area contributed by atoms with E-state index in [0.29, 0.717) is 22.7 Å². The van der Waals surface area contributed by atoms with Gasteiger partial charge in [-0.3, -0.25) is 14.1 Å². The highest BCUT2D eigenvalue weighted by Gasteiger charge is 2.24. The second-order valence-corrected chi connectivity index (χ2v) is 10.6. The smallest absolute Gasteiger partial charge is 0.267 e. The first-order valence-corrected chi connectivity index (χ1v) is 13.5. The molecule has 0 saturated heterocycles. The van der Waals surface area contributed by atoms with Crippen LogP contribution in [0.1, 0.15) is 18.5 Å². The summed E-state index contributed by atoms with van der Waals surface area (Å²) in [5, 5.41) is 0.265. The van der Waals surface area contributed by atoms with Crippen molar-refractivity contribution in [2.75, 3.05) is 17.6 Å². The van der Waals surface area contributed by atoms with Crippen LogP contribution in [0.5, 0.6) is 5.88 Å². The van der Waals surface area contributed by atoms with Gasteiger partial charge in [0.25, 0.3) is 15.6 Å². The number of anilines is 2. The molecule has 3 N–H and O–H groups in total. The Bertz CT molecular complexity index is 1910. The number of ether oxygens (including phenoxy) is 1. The molecule has 0 saturated carbocycles. The van der Waals surface area contributed by atoms with Gasteiger partial charge in [-0.1, -0.05) is 36.4 Å². The van der Waals surface area contributed by atoms with Gasteiger partial charge in [0.2, 0.25) is 11.8 Å². The van der Waals surface area contributed by atoms with Gasteiger partial charge in [0.05, 0.1) is 29.7 Å². The molecule has 0 radical (unpaired) electrons. The quantitative estimate of drug-likeness (QED) is 0.293. The normalized spacial score (nSPS) is 12.3. The molecule has 0 aliphatic carbocycles. The number of sulfonamides is 1. The number of nitrogens with one attached hydrogen (secondary N) is 1. The fraction of sp³-hybridized carbons (Fsp3) is 0.107. The first-order chi connectivity index (χ1) is 19.1. The number of rotatable bonds is 7. The lowest BCUT2D eigenvalue weighted by Gasteiger charge is -2.18. The second-order valence-electron chi connectivity index (χ2n) is 8.92. The number of methoxy groups -OCH3 is 1. The summed E-state index contributed by atoms with van der Waals surface area (Å²) in [5.74, 6) is -2.13. The van der Waals surface area contributed by atoms with Crippen LogP contribution in [0.25, 0.3) is 22.0 Å². The molecule has 0 unspecified atom stereocenters. The zero-order valence-corrected chi connectivity index (χ0v) is 22.1. The SMILES string of the molecule is COc1ncc(-c2ccc3nc(N)n([C@@H](C)c4ccccc4)c(=O)c3c2)cc1S(=O)(=O)Nc1ccc(F)cc1F. The maximum absolute atomic E-state index is 14.2. The number of benzene rings is 3. The Kier molecular flexibility index (Phi) is 6.94. The Labute approximate surface area is 228 Å². The highest BCUT2D eigenvalue weighted by molar-refractivity contribution is 7.92. The predicted molar refractivity (Wildman–Crippen MR) is 148 cm³/mol. The zero-order valence-electron chi connectivity index (χ0n) is 21.3. The van der Waals surface area contributed by atoms with Crippen LogP contribution in [0.2, 0.25) is 0 Å². The summed E-state index contributed by atoms with van der Waals surface area (Å²) < 4.78 is 62.5. The molecule has 9 nitrogen and oxygen atoms in total. The van der Waals surface area contributed by atoms with Crippen LogP contribution in [-0.4, -0.2) is 30.1 Å². The molecule has 0 aliphatic heterocycles. The lowest BCUT2D eigenvalue weighted by atomic mass is 10.0. The Morgan fingerprint density at radius 1 is 1.00 bits per heavy atom. The first kappa shape index (κ1) is 26.8. The molecule has 1 atom stereocenters. The van der Waals surface area contributed by atoms with Crippen LogP contribution >= 0.6 is 0 Å². The van der Waals surface area contributed by atoms with Crippen molar-refractivity contribution in [3.63, 3.8) is 0 Å². The van der Waals surface area contributed by atoms with Gasteiger partial charge in [-0.15, -0.1) is 0 Å². The van der Waals surface area contributed by atoms with E-state index in [1.807, 2.05) is 37.3 Å². The van der Waals surface area contributed by atoms with E-state index in [2.05, 4.69) is 14.7 Å². The van der Waals surface area contributed by atoms with Crippen molar-refractivity contribution in [1.29, 1.82) is 0 Å². The standard InChI is InChI=1S/C28H23F2N5O4S/c1-16(17-6-4-3-5-7-17)35-27(36)21-12-18(8-10-23(21)33-28(35)31)19-13-25(26(39-2)32-15-19)40(37,38)34-24-11-9-20(29)14-22(24)30/h3-16,34H,1-2H3,(H2,31,33)/t16-/m0/s1. The molecule has 2 heterocycles. The molecule has 12 heteroatoms. The number of aromatic nitrogens is 3. The number of pyridine rings is 1. The molecule has 5 aromatic rings. The summed E-state index contributed by atoms with van der Waals surface area (Å²) in [6, 6.07) is 17.5. The van der Waals surface area contributed by atoms with Gasteiger partial charge in [0.1, 0.15) is 16.5 Å². The van der Waals surface area contributed by atoms with Gasteiger partial charge < -0.3 is 10.5 Å². The molecule has 0 spiro atoms. The van der Waals surface area contributed by atoms with Crippen LogP contribution in [0, 0.1) is 11.6 Å². The molecule has 2 aromatic heterocycles. The number of halogens is 2. The lowest BCUT2D eigenvalue weighted by molar-refractivity contribution is 0.385. The number of fused-ring (bicyclic) bond motifs is 1. The third-order valence-corrected chi connectivity index (χ3v) is 7.77. The Hall–Kier alpha value is -4.84. The number of hydrogen-bond donors (Lipinski definition) is 2. The van der Waals surface area contributed by atoms with E-state index in [1.165, 1.54) is 23.9 Å². The fourth-order valence-electron chi connectivity index (χ4n) is 4.36. The molecule has 0 bridgehead atoms. The highest BCUT2D eigenvalue weighted by Crippen LogP contribution is 2.31. The molecule has 3 aromatic carbocycles. The van der Waals surface area contributed by atoms with Gasteiger partial charge in [0, 0.05) is 17.8 Å². The molecule has 204 valence electrons. The minimum Gasteiger partial charge on any atom is -0.480 e. The number of nitrogens with two attached hydrogens (primary N) is 1. The maximum atomic E-state index is 14.2. The Morgan fingerprint density at radius 3 is 2.45 bits per heavy atom. The van der Waals surface area contributed by atoms with Gasteiger partial charge in [0.15, 0.2) is 0 Å². The largest absolute Gasteiger partial charge is 0.480 e. The van der Waals surface area contributed by atoms with Crippen molar-refractivity contribution in [1.82, 2.24) is 14.5 Å². The van der Waals surface area contributed by atoms with E-state index in [9.17, 15) is 22.0 Å². The number of nitrogen functional groups attached to an aromatic ring is 1. The first-order valence-electron chi connectivity index (χ1n) is 12.0. The van der Waals surface area contributed by atoms with E-state index in [1.54, 1.807) is 18.2 Å². The highest BCUT2D eigenvalue weighted by atomic mass is 32.2. The third kappa shape index (κ3) is 4.96. The van der Waals surface area contributed by atoms with Crippen LogP contribution in [0.4, 0.5) is 20.4 Å². The molecule has 0 fully saturated rings. The Balaban J connectivity index is 1.59. The molecule has 5 rings (SSSR count). The molecule has 0 aliphatic rings. The summed E-state index contributed by atoms with van der Waals surface area (Å²) in [4.78, 5) is 21.7. The average Bonchev–Trinajstić information content (AvgIpc) is 2.94. The van der Waals surface area contributed by atoms with E-state index >= 15 is 0 Å². The molecular weight excluding hydrogens is 540 g/mol. The summed E-state index contributed by atoms with van der Waals surface area (Å²) in [6.07, 6.45) is 1.38. The summed E-state index contributed by atoms with van der Waals surface area (Å²) in [6.45, 7) is 1.84. The van der Waals surface area contributed by atoms with Gasteiger partial charge in [-0.05, 0) is 48.4 Å². The van der Waals surface area contributed by atoms with Crippen molar-refractivity contribution >= 4 is 32.6 Å². The van der Waals surface area contributed by atoms with Crippen molar-refractivity contribution in [3.05, 3.63) is 107 Å². The number of nitrogens with zero attached hydrogens (tertiary/aromatic N) is 3. The predicted octanol–water partition coefficient (Wildman–Crippen LogP) is 4.74. The fourth-order valence-corrected chi connectivity index (χ4v) is 5.57. The summed E-state index contributed by atoms with van der Waals surface area (Å²) in [5.41, 5.74) is 7.38. The monoisotopic (exact) mass is 563 g/mol. The topological polar surface area (TPSA) is 129 Å². The summed E-state index contributed by atoms with van der Waals surface area (Å²) >= 11 is 0. The third-order valence-electron chi connectivity index (χ3n) is 6.41. The maximum Gasteiger partial charge on any atom is 0.267 e. The van der Waals surface area contributed by atoms with Crippen molar-refractivity contribution in [2.45, 2.75) is 17.9 Å². The second kappa shape index (κ2) is 10.4.